The summed E-state index contributed by atoms with van der Waals surface area (Å²) in [5.74, 6) is -0.434. The Morgan fingerprint density at radius 1 is 1.70 bits per heavy atom. The largest absolute Gasteiger partial charge is 0.501 e. The number of nitrogens with two attached hydrogens (primary N) is 1. The summed E-state index contributed by atoms with van der Waals surface area (Å²) in [6.07, 6.45) is 2.33. The number of hydrogen-bond donors (Lipinski definition) is 1. The minimum absolute atomic E-state index is 0.434. The Balaban J connectivity index is 3.58. The van der Waals surface area contributed by atoms with E-state index in [1.54, 1.807) is 6.92 Å². The van der Waals surface area contributed by atoms with Crippen molar-refractivity contribution < 1.29 is 9.53 Å². The quantitative estimate of drug-likeness (QED) is 0.359. The van der Waals surface area contributed by atoms with Crippen molar-refractivity contribution in [1.29, 1.82) is 0 Å². The monoisotopic (exact) mass is 143 g/mol. The third kappa shape index (κ3) is 3.95. The van der Waals surface area contributed by atoms with Crippen LogP contribution < -0.4 is 5.73 Å². The van der Waals surface area contributed by atoms with E-state index in [0.29, 0.717) is 12.2 Å². The predicted octanol–water partition coefficient (Wildman–Crippen LogP) is 0.802. The molecule has 0 aromatic carbocycles. The van der Waals surface area contributed by atoms with Gasteiger partial charge in [0.05, 0.1) is 12.9 Å². The van der Waals surface area contributed by atoms with E-state index in [1.165, 1.54) is 6.26 Å². The first-order valence-corrected chi connectivity index (χ1v) is 3.26. The normalized spacial score (nSPS) is 11.2. The topological polar surface area (TPSA) is 52.3 Å². The molecule has 0 aliphatic carbocycles. The van der Waals surface area contributed by atoms with Gasteiger partial charge in [-0.15, -0.1) is 0 Å². The summed E-state index contributed by atoms with van der Waals surface area (Å²) in [5, 5.41) is 0. The second-order valence-corrected chi connectivity index (χ2v) is 2.04. The smallest absolute Gasteiger partial charge is 0.247 e. The SMILES string of the molecule is CCCO/C=C(/C)C(N)=O. The zero-order valence-electron chi connectivity index (χ0n) is 6.39. The number of carbonyl (C=O) groups excluding carboxylic acids is 1. The lowest BCUT2D eigenvalue weighted by Gasteiger charge is -1.97. The molecule has 3 nitrogen and oxygen atoms in total. The van der Waals surface area contributed by atoms with Crippen LogP contribution in [0.1, 0.15) is 20.3 Å². The minimum Gasteiger partial charge on any atom is -0.501 e. The van der Waals surface area contributed by atoms with Crippen LogP contribution in [0.2, 0.25) is 0 Å². The van der Waals surface area contributed by atoms with Crippen LogP contribution in [-0.4, -0.2) is 12.5 Å². The molecule has 0 aliphatic heterocycles. The van der Waals surface area contributed by atoms with Crippen molar-refractivity contribution in [2.24, 2.45) is 5.73 Å². The summed E-state index contributed by atoms with van der Waals surface area (Å²) in [6, 6.07) is 0. The Labute approximate surface area is 60.9 Å². The lowest BCUT2D eigenvalue weighted by Crippen LogP contribution is -2.11. The molecular formula is C7H13NO2. The maximum Gasteiger partial charge on any atom is 0.247 e. The summed E-state index contributed by atoms with van der Waals surface area (Å²) in [4.78, 5) is 10.4. The third-order valence-electron chi connectivity index (χ3n) is 0.971. The van der Waals surface area contributed by atoms with Crippen LogP contribution in [0.3, 0.4) is 0 Å². The van der Waals surface area contributed by atoms with Crippen molar-refractivity contribution in [3.63, 3.8) is 0 Å². The van der Waals surface area contributed by atoms with Crippen LogP contribution in [0.4, 0.5) is 0 Å². The fourth-order valence-electron chi connectivity index (χ4n) is 0.360. The van der Waals surface area contributed by atoms with Gasteiger partial charge >= 0.3 is 0 Å². The molecule has 0 saturated heterocycles. The minimum atomic E-state index is -0.434. The Kier molecular flexibility index (Phi) is 4.37. The molecule has 0 unspecified atom stereocenters. The van der Waals surface area contributed by atoms with E-state index in [-0.39, 0.29) is 0 Å². The number of rotatable bonds is 4. The van der Waals surface area contributed by atoms with Crippen LogP contribution in [0, 0.1) is 0 Å². The van der Waals surface area contributed by atoms with Crippen molar-refractivity contribution in [1.82, 2.24) is 0 Å². The van der Waals surface area contributed by atoms with Gasteiger partial charge in [0.2, 0.25) is 5.91 Å². The number of ether oxygens (including phenoxy) is 1. The lowest BCUT2D eigenvalue weighted by atomic mass is 10.3. The molecule has 10 heavy (non-hydrogen) atoms. The molecule has 0 spiro atoms. The van der Waals surface area contributed by atoms with Crippen LogP contribution in [0.5, 0.6) is 0 Å². The van der Waals surface area contributed by atoms with Crippen LogP contribution >= 0.6 is 0 Å². The number of hydrogen-bond acceptors (Lipinski definition) is 2. The van der Waals surface area contributed by atoms with E-state index in [2.05, 4.69) is 0 Å². The van der Waals surface area contributed by atoms with Gasteiger partial charge in [0, 0.05) is 5.57 Å². The van der Waals surface area contributed by atoms with E-state index in [9.17, 15) is 4.79 Å². The molecule has 0 rings (SSSR count). The summed E-state index contributed by atoms with van der Waals surface area (Å²) in [5.41, 5.74) is 5.38. The summed E-state index contributed by atoms with van der Waals surface area (Å²) in [7, 11) is 0. The van der Waals surface area contributed by atoms with Gasteiger partial charge in [0.1, 0.15) is 0 Å². The highest BCUT2D eigenvalue weighted by molar-refractivity contribution is 5.90. The van der Waals surface area contributed by atoms with Gasteiger partial charge in [-0.25, -0.2) is 0 Å². The molecule has 58 valence electrons. The Morgan fingerprint density at radius 2 is 2.30 bits per heavy atom. The van der Waals surface area contributed by atoms with Gasteiger partial charge in [-0.05, 0) is 13.3 Å². The standard InChI is InChI=1S/C7H13NO2/c1-3-4-10-5-6(2)7(8)9/h5H,3-4H2,1-2H3,(H2,8,9)/b6-5-. The van der Waals surface area contributed by atoms with Crippen molar-refractivity contribution in [2.45, 2.75) is 20.3 Å². The highest BCUT2D eigenvalue weighted by Crippen LogP contribution is 1.91. The molecule has 0 bridgehead atoms. The van der Waals surface area contributed by atoms with Crippen molar-refractivity contribution in [3.8, 4) is 0 Å². The number of carbonyl (C=O) groups is 1. The molecule has 0 aromatic rings. The second kappa shape index (κ2) is 4.85. The zero-order chi connectivity index (χ0) is 7.98. The molecule has 0 aromatic heterocycles. The maximum absolute atomic E-state index is 10.4. The highest BCUT2D eigenvalue weighted by atomic mass is 16.5. The molecule has 0 saturated carbocycles. The lowest BCUT2D eigenvalue weighted by molar-refractivity contribution is -0.114. The molecular weight excluding hydrogens is 130 g/mol. The number of primary amides is 1. The van der Waals surface area contributed by atoms with E-state index in [0.717, 1.165) is 6.42 Å². The first-order chi connectivity index (χ1) is 4.68. The van der Waals surface area contributed by atoms with E-state index in [4.69, 9.17) is 10.5 Å². The first kappa shape index (κ1) is 9.01. The van der Waals surface area contributed by atoms with Crippen molar-refractivity contribution in [2.75, 3.05) is 6.61 Å². The van der Waals surface area contributed by atoms with Crippen LogP contribution in [0.25, 0.3) is 0 Å². The molecule has 0 heterocycles. The fraction of sp³-hybridized carbons (Fsp3) is 0.571. The van der Waals surface area contributed by atoms with E-state index >= 15 is 0 Å². The van der Waals surface area contributed by atoms with Gasteiger partial charge < -0.3 is 10.5 Å². The number of amides is 1. The first-order valence-electron chi connectivity index (χ1n) is 3.26. The van der Waals surface area contributed by atoms with Crippen LogP contribution in [0.15, 0.2) is 11.8 Å². The predicted molar refractivity (Wildman–Crippen MR) is 39.2 cm³/mol. The molecule has 2 N–H and O–H groups in total. The zero-order valence-corrected chi connectivity index (χ0v) is 6.39. The van der Waals surface area contributed by atoms with E-state index < -0.39 is 5.91 Å². The fourth-order valence-corrected chi connectivity index (χ4v) is 0.360. The molecule has 1 amide bonds. The summed E-state index contributed by atoms with van der Waals surface area (Å²) >= 11 is 0. The third-order valence-corrected chi connectivity index (χ3v) is 0.971. The van der Waals surface area contributed by atoms with Crippen molar-refractivity contribution in [3.05, 3.63) is 11.8 Å². The Bertz CT molecular complexity index is 141. The van der Waals surface area contributed by atoms with Gasteiger partial charge in [-0.1, -0.05) is 6.92 Å². The molecule has 0 atom stereocenters. The van der Waals surface area contributed by atoms with Gasteiger partial charge in [0.25, 0.3) is 0 Å². The summed E-state index contributed by atoms with van der Waals surface area (Å²) in [6.45, 7) is 4.25. The van der Waals surface area contributed by atoms with Gasteiger partial charge in [0.15, 0.2) is 0 Å². The second-order valence-electron chi connectivity index (χ2n) is 2.04. The average Bonchev–Trinajstić information content (AvgIpc) is 1.88. The van der Waals surface area contributed by atoms with E-state index in [1.807, 2.05) is 6.92 Å². The molecule has 0 aliphatic rings. The van der Waals surface area contributed by atoms with Crippen molar-refractivity contribution >= 4 is 5.91 Å². The van der Waals surface area contributed by atoms with Crippen LogP contribution in [-0.2, 0) is 9.53 Å². The van der Waals surface area contributed by atoms with Gasteiger partial charge in [-0.3, -0.25) is 4.79 Å². The summed E-state index contributed by atoms with van der Waals surface area (Å²) < 4.78 is 4.94. The maximum atomic E-state index is 10.4. The molecule has 0 fully saturated rings. The average molecular weight is 143 g/mol. The Hall–Kier alpha value is -0.990. The molecule has 3 heteroatoms. The highest BCUT2D eigenvalue weighted by Gasteiger charge is 1.94. The molecule has 0 radical (unpaired) electrons. The Morgan fingerprint density at radius 3 is 2.70 bits per heavy atom. The van der Waals surface area contributed by atoms with Gasteiger partial charge in [-0.2, -0.15) is 0 Å².